The lowest BCUT2D eigenvalue weighted by molar-refractivity contribution is -0.274. The summed E-state index contributed by atoms with van der Waals surface area (Å²) in [6.07, 6.45) is -4.95. The van der Waals surface area contributed by atoms with Gasteiger partial charge in [0.2, 0.25) is 15.3 Å². The Morgan fingerprint density at radius 2 is 1.91 bits per heavy atom. The SMILES string of the molecule is O=C(O)[C@H]1CN(c2nc3nc(Cl)[nH]c(=O)c3s2)CCN1S(=O)(=O)c1ccc(OC(F)(F)F)cc1. The van der Waals surface area contributed by atoms with Gasteiger partial charge in [-0.2, -0.15) is 14.3 Å². The largest absolute Gasteiger partial charge is 0.573 e. The maximum Gasteiger partial charge on any atom is 0.573 e. The van der Waals surface area contributed by atoms with Crippen LogP contribution in [0, 0.1) is 0 Å². The van der Waals surface area contributed by atoms with Gasteiger partial charge in [-0.3, -0.25) is 14.6 Å². The Balaban J connectivity index is 1.59. The van der Waals surface area contributed by atoms with Gasteiger partial charge in [0.25, 0.3) is 5.56 Å². The zero-order valence-corrected chi connectivity index (χ0v) is 19.0. The van der Waals surface area contributed by atoms with Crippen molar-refractivity contribution >= 4 is 54.4 Å². The van der Waals surface area contributed by atoms with Crippen molar-refractivity contribution < 1.29 is 36.2 Å². The number of thiazole rings is 1. The minimum absolute atomic E-state index is 0.0315. The van der Waals surface area contributed by atoms with Crippen molar-refractivity contribution in [2.45, 2.75) is 17.3 Å². The lowest BCUT2D eigenvalue weighted by Crippen LogP contribution is -2.58. The maximum atomic E-state index is 13.1. The third-order valence-electron chi connectivity index (χ3n) is 4.78. The van der Waals surface area contributed by atoms with Gasteiger partial charge in [0.05, 0.1) is 4.90 Å². The average molecular weight is 540 g/mol. The normalized spacial score (nSPS) is 17.8. The molecule has 0 bridgehead atoms. The van der Waals surface area contributed by atoms with E-state index in [0.717, 1.165) is 39.9 Å². The Bertz CT molecular complexity index is 1410. The van der Waals surface area contributed by atoms with Crippen LogP contribution in [0.1, 0.15) is 0 Å². The van der Waals surface area contributed by atoms with Gasteiger partial charge in [0.15, 0.2) is 10.8 Å². The first-order valence-electron chi connectivity index (χ1n) is 9.27. The molecule has 0 aliphatic carbocycles. The first kappa shape index (κ1) is 24.2. The highest BCUT2D eigenvalue weighted by atomic mass is 35.5. The van der Waals surface area contributed by atoms with Crippen LogP contribution in [0.5, 0.6) is 5.75 Å². The molecular weight excluding hydrogens is 527 g/mol. The Kier molecular flexibility index (Phi) is 6.17. The van der Waals surface area contributed by atoms with Crippen molar-refractivity contribution in [1.29, 1.82) is 0 Å². The number of benzene rings is 1. The van der Waals surface area contributed by atoms with E-state index < -0.39 is 44.6 Å². The molecule has 4 rings (SSSR count). The summed E-state index contributed by atoms with van der Waals surface area (Å²) in [5.41, 5.74) is -0.454. The van der Waals surface area contributed by atoms with Gasteiger partial charge in [-0.1, -0.05) is 11.3 Å². The summed E-state index contributed by atoms with van der Waals surface area (Å²) in [4.78, 5) is 35.5. The number of alkyl halides is 3. The molecule has 2 N–H and O–H groups in total. The predicted octanol–water partition coefficient (Wildman–Crippen LogP) is 1.90. The van der Waals surface area contributed by atoms with Crippen LogP contribution in [-0.4, -0.2) is 70.8 Å². The number of hydrogen-bond donors (Lipinski definition) is 2. The standard InChI is InChI=1S/C17H13ClF3N5O6S2/c18-15-22-12-11(13(27)24-15)33-16(23-12)25-5-6-26(10(7-25)14(28)29)34(30,31)9-3-1-8(2-4-9)32-17(19,20)21/h1-4,10H,5-7H2,(H,28,29)(H,22,24,27)/t10-/m1/s1. The Morgan fingerprint density at radius 1 is 1.24 bits per heavy atom. The van der Waals surface area contributed by atoms with Gasteiger partial charge in [-0.15, -0.1) is 13.2 Å². The molecule has 17 heteroatoms. The lowest BCUT2D eigenvalue weighted by atomic mass is 10.2. The number of anilines is 1. The number of ether oxygens (including phenoxy) is 1. The third kappa shape index (κ3) is 4.79. The van der Waals surface area contributed by atoms with Crippen molar-refractivity contribution in [3.05, 3.63) is 39.9 Å². The highest BCUT2D eigenvalue weighted by Crippen LogP contribution is 2.31. The van der Waals surface area contributed by atoms with Crippen LogP contribution in [0.2, 0.25) is 5.28 Å². The number of nitrogens with one attached hydrogen (secondary N) is 1. The molecule has 1 aliphatic rings. The molecule has 34 heavy (non-hydrogen) atoms. The van der Waals surface area contributed by atoms with Crippen LogP contribution in [0.25, 0.3) is 10.3 Å². The van der Waals surface area contributed by atoms with E-state index in [1.54, 1.807) is 0 Å². The van der Waals surface area contributed by atoms with E-state index in [4.69, 9.17) is 11.6 Å². The molecule has 182 valence electrons. The molecule has 1 atom stereocenters. The quantitative estimate of drug-likeness (QED) is 0.464. The molecule has 0 radical (unpaired) electrons. The first-order chi connectivity index (χ1) is 15.8. The molecule has 0 spiro atoms. The van der Waals surface area contributed by atoms with E-state index in [9.17, 15) is 36.3 Å². The van der Waals surface area contributed by atoms with Crippen LogP contribution < -0.4 is 15.2 Å². The number of carboxylic acid groups (broad SMARTS) is 1. The smallest absolute Gasteiger partial charge is 0.480 e. The van der Waals surface area contributed by atoms with Gasteiger partial charge in [-0.05, 0) is 35.9 Å². The second kappa shape index (κ2) is 8.68. The molecule has 2 aromatic heterocycles. The summed E-state index contributed by atoms with van der Waals surface area (Å²) in [6.45, 7) is -0.528. The summed E-state index contributed by atoms with van der Waals surface area (Å²) in [5.74, 6) is -2.06. The Labute approximate surface area is 197 Å². The van der Waals surface area contributed by atoms with Crippen molar-refractivity contribution in [2.24, 2.45) is 0 Å². The van der Waals surface area contributed by atoms with Crippen molar-refractivity contribution in [1.82, 2.24) is 19.3 Å². The van der Waals surface area contributed by atoms with E-state index in [-0.39, 0.29) is 40.4 Å². The highest BCUT2D eigenvalue weighted by molar-refractivity contribution is 7.89. The minimum Gasteiger partial charge on any atom is -0.480 e. The molecule has 1 aliphatic heterocycles. The van der Waals surface area contributed by atoms with E-state index in [1.165, 1.54) is 4.90 Å². The van der Waals surface area contributed by atoms with E-state index >= 15 is 0 Å². The zero-order valence-electron chi connectivity index (χ0n) is 16.6. The van der Waals surface area contributed by atoms with Gasteiger partial charge < -0.3 is 14.7 Å². The van der Waals surface area contributed by atoms with Gasteiger partial charge in [0.1, 0.15) is 16.5 Å². The number of carbonyl (C=O) groups is 1. The molecule has 3 aromatic rings. The maximum absolute atomic E-state index is 13.1. The molecule has 3 heterocycles. The van der Waals surface area contributed by atoms with Gasteiger partial charge in [0, 0.05) is 19.6 Å². The van der Waals surface area contributed by atoms with Gasteiger partial charge in [-0.25, -0.2) is 8.42 Å². The number of halogens is 4. The monoisotopic (exact) mass is 539 g/mol. The second-order valence-electron chi connectivity index (χ2n) is 6.94. The van der Waals surface area contributed by atoms with Crippen LogP contribution in [-0.2, 0) is 14.8 Å². The fourth-order valence-corrected chi connectivity index (χ4v) is 5.98. The summed E-state index contributed by atoms with van der Waals surface area (Å²) >= 11 is 6.67. The lowest BCUT2D eigenvalue weighted by Gasteiger charge is -2.38. The molecule has 1 fully saturated rings. The van der Waals surface area contributed by atoms with Gasteiger partial charge >= 0.3 is 12.3 Å². The summed E-state index contributed by atoms with van der Waals surface area (Å²) in [6, 6.07) is 1.91. The summed E-state index contributed by atoms with van der Waals surface area (Å²) < 4.78 is 67.8. The molecule has 1 aromatic carbocycles. The molecule has 0 amide bonds. The minimum atomic E-state index is -4.95. The van der Waals surface area contributed by atoms with Crippen molar-refractivity contribution in [2.75, 3.05) is 24.5 Å². The molecule has 11 nitrogen and oxygen atoms in total. The van der Waals surface area contributed by atoms with E-state index in [0.29, 0.717) is 0 Å². The number of carboxylic acids is 1. The number of rotatable bonds is 5. The van der Waals surface area contributed by atoms with E-state index in [2.05, 4.69) is 19.7 Å². The fraction of sp³-hybridized carbons (Fsp3) is 0.294. The molecule has 0 saturated carbocycles. The summed E-state index contributed by atoms with van der Waals surface area (Å²) in [5, 5.41) is 9.79. The van der Waals surface area contributed by atoms with Crippen molar-refractivity contribution in [3.8, 4) is 5.75 Å². The number of sulfonamides is 1. The Morgan fingerprint density at radius 3 is 2.53 bits per heavy atom. The zero-order chi connectivity index (χ0) is 24.8. The number of nitrogens with zero attached hydrogens (tertiary/aromatic N) is 4. The first-order valence-corrected chi connectivity index (χ1v) is 11.9. The van der Waals surface area contributed by atoms with Crippen LogP contribution >= 0.6 is 22.9 Å². The Hall–Kier alpha value is -2.95. The number of aromatic amines is 1. The molecular formula is C17H13ClF3N5O6S2. The fourth-order valence-electron chi connectivity index (χ4n) is 3.31. The molecule has 1 saturated heterocycles. The predicted molar refractivity (Wildman–Crippen MR) is 114 cm³/mol. The van der Waals surface area contributed by atoms with Crippen LogP contribution in [0.15, 0.2) is 34.0 Å². The number of piperazine rings is 1. The van der Waals surface area contributed by atoms with E-state index in [1.807, 2.05) is 0 Å². The van der Waals surface area contributed by atoms with Crippen LogP contribution in [0.4, 0.5) is 18.3 Å². The third-order valence-corrected chi connectivity index (χ3v) is 7.98. The van der Waals surface area contributed by atoms with Crippen molar-refractivity contribution in [3.63, 3.8) is 0 Å². The number of H-pyrrole nitrogens is 1. The second-order valence-corrected chi connectivity index (χ2v) is 10.2. The van der Waals surface area contributed by atoms with Crippen LogP contribution in [0.3, 0.4) is 0 Å². The number of aliphatic carboxylic acids is 1. The summed E-state index contributed by atoms with van der Waals surface area (Å²) in [7, 11) is -4.37. The molecule has 0 unspecified atom stereocenters. The number of hydrogen-bond acceptors (Lipinski definition) is 9. The average Bonchev–Trinajstić information content (AvgIpc) is 3.17. The number of fused-ring (bicyclic) bond motifs is 1. The topological polar surface area (TPSA) is 146 Å². The highest BCUT2D eigenvalue weighted by Gasteiger charge is 2.41. The number of aromatic nitrogens is 3.